The van der Waals surface area contributed by atoms with Crippen LogP contribution in [-0.2, 0) is 6.54 Å². The van der Waals surface area contributed by atoms with Crippen LogP contribution in [0.5, 0.6) is 0 Å². The largest absolute Gasteiger partial charge is 0.311 e. The molecule has 24 heavy (non-hydrogen) atoms. The molecule has 0 amide bonds. The van der Waals surface area contributed by atoms with Gasteiger partial charge in [0, 0.05) is 34.2 Å². The van der Waals surface area contributed by atoms with Crippen LogP contribution in [0.4, 0.5) is 0 Å². The van der Waals surface area contributed by atoms with Gasteiger partial charge in [-0.2, -0.15) is 0 Å². The maximum atomic E-state index is 6.25. The molecule has 0 bridgehead atoms. The van der Waals surface area contributed by atoms with Gasteiger partial charge in [0.25, 0.3) is 0 Å². The summed E-state index contributed by atoms with van der Waals surface area (Å²) in [6, 6.07) is 11.9. The third-order valence-electron chi connectivity index (χ3n) is 3.46. The standard InChI is InChI=1S/C19H21BrCl2N2/c1-24(2)8-7-23-13-15-9-14(10-18(22)11-15)3-4-16-5-6-17(21)12-19(16)20/h3-6,9-12,23H,7-8,13H2,1-2H3/b4-3+. The Bertz CT molecular complexity index is 715. The Kier molecular flexibility index (Phi) is 7.79. The highest BCUT2D eigenvalue weighted by Gasteiger charge is 2.00. The van der Waals surface area contributed by atoms with Crippen molar-refractivity contribution in [1.29, 1.82) is 0 Å². The van der Waals surface area contributed by atoms with E-state index in [4.69, 9.17) is 23.2 Å². The van der Waals surface area contributed by atoms with Gasteiger partial charge in [0.1, 0.15) is 0 Å². The molecular formula is C19H21BrCl2N2. The molecule has 5 heteroatoms. The van der Waals surface area contributed by atoms with Crippen LogP contribution < -0.4 is 5.32 Å². The van der Waals surface area contributed by atoms with E-state index in [9.17, 15) is 0 Å². The quantitative estimate of drug-likeness (QED) is 0.458. The lowest BCUT2D eigenvalue weighted by Gasteiger charge is -2.11. The summed E-state index contributed by atoms with van der Waals surface area (Å²) in [5, 5.41) is 4.89. The topological polar surface area (TPSA) is 15.3 Å². The summed E-state index contributed by atoms with van der Waals surface area (Å²) >= 11 is 15.8. The fourth-order valence-corrected chi connectivity index (χ4v) is 3.31. The molecule has 0 saturated carbocycles. The molecule has 2 rings (SSSR count). The van der Waals surface area contributed by atoms with E-state index in [2.05, 4.69) is 58.5 Å². The molecule has 0 fully saturated rings. The normalized spacial score (nSPS) is 11.6. The number of rotatable bonds is 7. The Balaban J connectivity index is 2.06. The second-order valence-electron chi connectivity index (χ2n) is 5.87. The Morgan fingerprint density at radius 3 is 2.54 bits per heavy atom. The van der Waals surface area contributed by atoms with Crippen molar-refractivity contribution in [3.05, 3.63) is 67.6 Å². The smallest absolute Gasteiger partial charge is 0.0417 e. The highest BCUT2D eigenvalue weighted by atomic mass is 79.9. The van der Waals surface area contributed by atoms with Gasteiger partial charge in [-0.15, -0.1) is 0 Å². The average molecular weight is 428 g/mol. The summed E-state index contributed by atoms with van der Waals surface area (Å²) in [4.78, 5) is 2.16. The first-order chi connectivity index (χ1) is 11.4. The van der Waals surface area contributed by atoms with Crippen molar-refractivity contribution in [3.63, 3.8) is 0 Å². The molecule has 0 aliphatic heterocycles. The van der Waals surface area contributed by atoms with E-state index in [-0.39, 0.29) is 0 Å². The van der Waals surface area contributed by atoms with Gasteiger partial charge in [0.05, 0.1) is 0 Å². The predicted molar refractivity (Wildman–Crippen MR) is 110 cm³/mol. The molecule has 0 aliphatic rings. The second kappa shape index (κ2) is 9.59. The van der Waals surface area contributed by atoms with Crippen LogP contribution >= 0.6 is 39.1 Å². The molecule has 0 saturated heterocycles. The molecule has 0 heterocycles. The van der Waals surface area contributed by atoms with Crippen molar-refractivity contribution >= 4 is 51.3 Å². The van der Waals surface area contributed by atoms with E-state index in [0.717, 1.165) is 40.3 Å². The van der Waals surface area contributed by atoms with Crippen LogP contribution in [0.2, 0.25) is 10.0 Å². The van der Waals surface area contributed by atoms with Crippen molar-refractivity contribution in [2.75, 3.05) is 27.2 Å². The Morgan fingerprint density at radius 1 is 1.04 bits per heavy atom. The van der Waals surface area contributed by atoms with Crippen molar-refractivity contribution in [2.45, 2.75) is 6.54 Å². The SMILES string of the molecule is CN(C)CCNCc1cc(Cl)cc(/C=C/c2ccc(Cl)cc2Br)c1. The number of hydrogen-bond acceptors (Lipinski definition) is 2. The van der Waals surface area contributed by atoms with Crippen molar-refractivity contribution in [2.24, 2.45) is 0 Å². The zero-order chi connectivity index (χ0) is 17.5. The van der Waals surface area contributed by atoms with Crippen LogP contribution in [-0.4, -0.2) is 32.1 Å². The molecule has 0 spiro atoms. The zero-order valence-electron chi connectivity index (χ0n) is 13.8. The monoisotopic (exact) mass is 426 g/mol. The molecule has 2 aromatic rings. The number of nitrogens with one attached hydrogen (secondary N) is 1. The van der Waals surface area contributed by atoms with Gasteiger partial charge in [-0.1, -0.05) is 63.4 Å². The highest BCUT2D eigenvalue weighted by Crippen LogP contribution is 2.24. The minimum atomic E-state index is 0.716. The maximum absolute atomic E-state index is 6.25. The van der Waals surface area contributed by atoms with Gasteiger partial charge in [0.15, 0.2) is 0 Å². The Morgan fingerprint density at radius 2 is 1.83 bits per heavy atom. The van der Waals surface area contributed by atoms with Gasteiger partial charge >= 0.3 is 0 Å². The summed E-state index contributed by atoms with van der Waals surface area (Å²) < 4.78 is 0.971. The molecule has 0 atom stereocenters. The van der Waals surface area contributed by atoms with Gasteiger partial charge in [-0.3, -0.25) is 0 Å². The minimum absolute atomic E-state index is 0.716. The minimum Gasteiger partial charge on any atom is -0.311 e. The highest BCUT2D eigenvalue weighted by molar-refractivity contribution is 9.10. The lowest BCUT2D eigenvalue weighted by molar-refractivity contribution is 0.400. The first kappa shape index (κ1) is 19.5. The van der Waals surface area contributed by atoms with E-state index in [1.54, 1.807) is 0 Å². The van der Waals surface area contributed by atoms with E-state index < -0.39 is 0 Å². The number of likely N-dealkylation sites (N-methyl/N-ethyl adjacent to an activating group) is 1. The van der Waals surface area contributed by atoms with E-state index >= 15 is 0 Å². The van der Waals surface area contributed by atoms with Crippen LogP contribution in [0.15, 0.2) is 40.9 Å². The van der Waals surface area contributed by atoms with Crippen LogP contribution in [0, 0.1) is 0 Å². The number of halogens is 3. The molecule has 2 aromatic carbocycles. The first-order valence-electron chi connectivity index (χ1n) is 7.72. The van der Waals surface area contributed by atoms with Crippen LogP contribution in [0.25, 0.3) is 12.2 Å². The van der Waals surface area contributed by atoms with Crippen molar-refractivity contribution in [3.8, 4) is 0 Å². The lowest BCUT2D eigenvalue weighted by atomic mass is 10.1. The van der Waals surface area contributed by atoms with E-state index in [1.165, 1.54) is 5.56 Å². The molecule has 1 N–H and O–H groups in total. The number of benzene rings is 2. The molecule has 2 nitrogen and oxygen atoms in total. The molecule has 0 radical (unpaired) electrons. The van der Waals surface area contributed by atoms with Crippen LogP contribution in [0.1, 0.15) is 16.7 Å². The third kappa shape index (κ3) is 6.58. The summed E-state index contributed by atoms with van der Waals surface area (Å²) in [5.74, 6) is 0. The lowest BCUT2D eigenvalue weighted by Crippen LogP contribution is -2.26. The van der Waals surface area contributed by atoms with Gasteiger partial charge < -0.3 is 10.2 Å². The van der Waals surface area contributed by atoms with Gasteiger partial charge in [-0.25, -0.2) is 0 Å². The maximum Gasteiger partial charge on any atom is 0.0417 e. The summed E-state index contributed by atoms with van der Waals surface area (Å²) in [7, 11) is 4.14. The van der Waals surface area contributed by atoms with Gasteiger partial charge in [-0.05, 0) is 55.1 Å². The van der Waals surface area contributed by atoms with Gasteiger partial charge in [0.2, 0.25) is 0 Å². The van der Waals surface area contributed by atoms with E-state index in [0.29, 0.717) is 5.02 Å². The number of hydrogen-bond donors (Lipinski definition) is 1. The molecule has 0 aromatic heterocycles. The fourth-order valence-electron chi connectivity index (χ4n) is 2.23. The zero-order valence-corrected chi connectivity index (χ0v) is 16.9. The molecule has 128 valence electrons. The average Bonchev–Trinajstić information content (AvgIpc) is 2.50. The molecule has 0 unspecified atom stereocenters. The summed E-state index contributed by atoms with van der Waals surface area (Å²) in [6.45, 7) is 2.76. The van der Waals surface area contributed by atoms with Crippen molar-refractivity contribution in [1.82, 2.24) is 10.2 Å². The molecule has 0 aliphatic carbocycles. The summed E-state index contributed by atoms with van der Waals surface area (Å²) in [6.07, 6.45) is 4.11. The predicted octanol–water partition coefficient (Wildman–Crippen LogP) is 5.58. The van der Waals surface area contributed by atoms with Crippen molar-refractivity contribution < 1.29 is 0 Å². The summed E-state index contributed by atoms with van der Waals surface area (Å²) in [5.41, 5.74) is 3.33. The Labute approximate surface area is 162 Å². The first-order valence-corrected chi connectivity index (χ1v) is 9.27. The second-order valence-corrected chi connectivity index (χ2v) is 7.60. The van der Waals surface area contributed by atoms with Crippen LogP contribution in [0.3, 0.4) is 0 Å². The third-order valence-corrected chi connectivity index (χ3v) is 4.60. The number of nitrogens with zero attached hydrogens (tertiary/aromatic N) is 1. The Hall–Kier alpha value is -0.840. The molecular weight excluding hydrogens is 407 g/mol. The fraction of sp³-hybridized carbons (Fsp3) is 0.263. The van der Waals surface area contributed by atoms with E-state index in [1.807, 2.05) is 30.3 Å².